The SMILES string of the molecule is COc1ccc(-c2cn3c4ccccc4[n+](CC[NH+]4CCCCC4)c3[nH]2)cc1OC.[Cl-].[Cl-]. The van der Waals surface area contributed by atoms with Gasteiger partial charge in [0.1, 0.15) is 36.0 Å². The van der Waals surface area contributed by atoms with Gasteiger partial charge in [-0.1, -0.05) is 12.1 Å². The van der Waals surface area contributed by atoms with Crippen LogP contribution in [0, 0.1) is 0 Å². The lowest BCUT2D eigenvalue weighted by Gasteiger charge is -2.22. The molecule has 2 N–H and O–H groups in total. The van der Waals surface area contributed by atoms with Crippen molar-refractivity contribution in [2.45, 2.75) is 25.8 Å². The van der Waals surface area contributed by atoms with Gasteiger partial charge in [-0.15, -0.1) is 0 Å². The van der Waals surface area contributed by atoms with Crippen LogP contribution in [0.5, 0.6) is 11.5 Å². The zero-order chi connectivity index (χ0) is 20.5. The van der Waals surface area contributed by atoms with Crippen LogP contribution in [-0.4, -0.2) is 43.2 Å². The Morgan fingerprint density at radius 3 is 2.47 bits per heavy atom. The molecular weight excluding hydrogens is 447 g/mol. The highest BCUT2D eigenvalue weighted by Gasteiger charge is 2.23. The van der Waals surface area contributed by atoms with Gasteiger partial charge in [-0.25, -0.2) is 9.55 Å². The lowest BCUT2D eigenvalue weighted by molar-refractivity contribution is -0.920. The van der Waals surface area contributed by atoms with E-state index in [0.717, 1.165) is 35.1 Å². The van der Waals surface area contributed by atoms with E-state index in [9.17, 15) is 0 Å². The second-order valence-corrected chi connectivity index (χ2v) is 8.13. The maximum Gasteiger partial charge on any atom is 0.368 e. The van der Waals surface area contributed by atoms with E-state index < -0.39 is 0 Å². The van der Waals surface area contributed by atoms with E-state index in [4.69, 9.17) is 9.47 Å². The summed E-state index contributed by atoms with van der Waals surface area (Å²) >= 11 is 0. The smallest absolute Gasteiger partial charge is 0.368 e. The highest BCUT2D eigenvalue weighted by Crippen LogP contribution is 2.32. The van der Waals surface area contributed by atoms with E-state index in [2.05, 4.69) is 50.5 Å². The van der Waals surface area contributed by atoms with Gasteiger partial charge in [-0.2, -0.15) is 4.40 Å². The summed E-state index contributed by atoms with van der Waals surface area (Å²) in [5.41, 5.74) is 4.65. The molecular formula is C24H30Cl2N4O2. The minimum absolute atomic E-state index is 0. The van der Waals surface area contributed by atoms with Crippen molar-refractivity contribution in [3.8, 4) is 22.8 Å². The maximum absolute atomic E-state index is 5.50. The monoisotopic (exact) mass is 476 g/mol. The Morgan fingerprint density at radius 2 is 1.72 bits per heavy atom. The Labute approximate surface area is 200 Å². The molecule has 0 radical (unpaired) electrons. The van der Waals surface area contributed by atoms with Gasteiger partial charge in [0.2, 0.25) is 0 Å². The normalized spacial score (nSPS) is 14.2. The Bertz CT molecular complexity index is 1180. The average Bonchev–Trinajstić information content (AvgIpc) is 3.36. The van der Waals surface area contributed by atoms with Crippen molar-refractivity contribution < 1.29 is 43.8 Å². The van der Waals surface area contributed by atoms with Gasteiger partial charge in [0.05, 0.1) is 27.3 Å². The number of fused-ring (bicyclic) bond motifs is 3. The van der Waals surface area contributed by atoms with Crippen LogP contribution in [-0.2, 0) is 6.54 Å². The first-order chi connectivity index (χ1) is 14.8. The second-order valence-electron chi connectivity index (χ2n) is 8.13. The molecule has 1 aliphatic heterocycles. The average molecular weight is 477 g/mol. The van der Waals surface area contributed by atoms with Crippen molar-refractivity contribution in [1.29, 1.82) is 0 Å². The number of imidazole rings is 2. The molecule has 1 saturated heterocycles. The molecule has 0 unspecified atom stereocenters. The first-order valence-corrected chi connectivity index (χ1v) is 10.9. The fraction of sp³-hybridized carbons (Fsp3) is 0.375. The van der Waals surface area contributed by atoms with Crippen LogP contribution in [0.25, 0.3) is 28.1 Å². The number of quaternary nitrogens is 1. The van der Waals surface area contributed by atoms with E-state index in [0.29, 0.717) is 0 Å². The fourth-order valence-corrected chi connectivity index (χ4v) is 4.74. The third kappa shape index (κ3) is 4.40. The molecule has 3 heterocycles. The number of aromatic nitrogens is 3. The molecule has 1 aliphatic rings. The Morgan fingerprint density at radius 1 is 0.969 bits per heavy atom. The summed E-state index contributed by atoms with van der Waals surface area (Å²) in [6.45, 7) is 4.78. The molecule has 2 aromatic heterocycles. The number of hydrogen-bond donors (Lipinski definition) is 2. The maximum atomic E-state index is 5.50. The summed E-state index contributed by atoms with van der Waals surface area (Å²) in [5, 5.41) is 0. The van der Waals surface area contributed by atoms with Gasteiger partial charge in [-0.3, -0.25) is 0 Å². The van der Waals surface area contributed by atoms with E-state index >= 15 is 0 Å². The van der Waals surface area contributed by atoms with Crippen LogP contribution in [0.3, 0.4) is 0 Å². The summed E-state index contributed by atoms with van der Waals surface area (Å²) in [5.74, 6) is 2.60. The first-order valence-electron chi connectivity index (χ1n) is 10.9. The Kier molecular flexibility index (Phi) is 7.93. The number of H-pyrrole nitrogens is 1. The minimum Gasteiger partial charge on any atom is -1.00 e. The van der Waals surface area contributed by atoms with Crippen LogP contribution in [0.1, 0.15) is 19.3 Å². The zero-order valence-electron chi connectivity index (χ0n) is 18.5. The summed E-state index contributed by atoms with van der Waals surface area (Å²) in [6, 6.07) is 14.7. The standard InChI is InChI=1S/C24H28N4O2.2ClH/c1-29-22-11-10-18(16-23(22)30-2)19-17-28-21-9-5-4-8-20(21)27(24(28)25-19)15-14-26-12-6-3-7-13-26;;/h4-5,8-11,16-17H,3,6-7,12-15H2,1-2H3;2*1H. The molecule has 0 bridgehead atoms. The predicted molar refractivity (Wildman–Crippen MR) is 117 cm³/mol. The summed E-state index contributed by atoms with van der Waals surface area (Å²) in [6.07, 6.45) is 6.29. The van der Waals surface area contributed by atoms with Crippen LogP contribution in [0.2, 0.25) is 0 Å². The van der Waals surface area contributed by atoms with E-state index in [1.165, 1.54) is 49.9 Å². The van der Waals surface area contributed by atoms with Crippen molar-refractivity contribution >= 4 is 16.8 Å². The number of nitrogens with one attached hydrogen (secondary N) is 2. The van der Waals surface area contributed by atoms with Crippen molar-refractivity contribution in [3.63, 3.8) is 0 Å². The molecule has 5 rings (SSSR count). The molecule has 172 valence electrons. The number of aromatic amines is 1. The van der Waals surface area contributed by atoms with Crippen molar-refractivity contribution in [2.75, 3.05) is 33.9 Å². The third-order valence-corrected chi connectivity index (χ3v) is 6.36. The van der Waals surface area contributed by atoms with Gasteiger partial charge in [0.25, 0.3) is 0 Å². The number of halogens is 2. The van der Waals surface area contributed by atoms with Gasteiger partial charge in [-0.05, 0) is 49.6 Å². The molecule has 0 saturated carbocycles. The lowest BCUT2D eigenvalue weighted by atomic mass is 10.1. The highest BCUT2D eigenvalue weighted by molar-refractivity contribution is 5.77. The second kappa shape index (κ2) is 10.5. The van der Waals surface area contributed by atoms with Gasteiger partial charge in [0, 0.05) is 5.56 Å². The lowest BCUT2D eigenvalue weighted by Crippen LogP contribution is -3.13. The molecule has 0 atom stereocenters. The quantitative estimate of drug-likeness (QED) is 0.283. The van der Waals surface area contributed by atoms with Gasteiger partial charge < -0.3 is 39.2 Å². The predicted octanol–water partition coefficient (Wildman–Crippen LogP) is -3.53. The molecule has 2 aromatic carbocycles. The van der Waals surface area contributed by atoms with Crippen molar-refractivity contribution in [3.05, 3.63) is 48.7 Å². The Hall–Kier alpha value is -2.41. The van der Waals surface area contributed by atoms with Crippen molar-refractivity contribution in [2.24, 2.45) is 0 Å². The number of para-hydroxylation sites is 2. The fourth-order valence-electron chi connectivity index (χ4n) is 4.74. The molecule has 0 aliphatic carbocycles. The topological polar surface area (TPSA) is 47.0 Å². The number of ether oxygens (including phenoxy) is 2. The zero-order valence-corrected chi connectivity index (χ0v) is 20.0. The summed E-state index contributed by atoms with van der Waals surface area (Å²) in [7, 11) is 3.34. The molecule has 0 amide bonds. The number of piperidine rings is 1. The number of benzene rings is 2. The van der Waals surface area contributed by atoms with Crippen LogP contribution >= 0.6 is 0 Å². The molecule has 8 heteroatoms. The summed E-state index contributed by atoms with van der Waals surface area (Å²) < 4.78 is 15.6. The van der Waals surface area contributed by atoms with Crippen LogP contribution in [0.15, 0.2) is 48.7 Å². The number of rotatable bonds is 6. The number of methoxy groups -OCH3 is 2. The van der Waals surface area contributed by atoms with Crippen LogP contribution < -0.4 is 43.8 Å². The third-order valence-electron chi connectivity index (χ3n) is 6.36. The van der Waals surface area contributed by atoms with E-state index in [1.54, 1.807) is 19.1 Å². The van der Waals surface area contributed by atoms with E-state index in [-0.39, 0.29) is 24.8 Å². The first kappa shape index (κ1) is 24.2. The molecule has 4 aromatic rings. The minimum atomic E-state index is 0. The van der Waals surface area contributed by atoms with Crippen LogP contribution in [0.4, 0.5) is 0 Å². The molecule has 32 heavy (non-hydrogen) atoms. The largest absolute Gasteiger partial charge is 1.00 e. The number of nitrogens with zero attached hydrogens (tertiary/aromatic N) is 2. The molecule has 1 fully saturated rings. The van der Waals surface area contributed by atoms with Gasteiger partial charge >= 0.3 is 5.78 Å². The number of likely N-dealkylation sites (tertiary alicyclic amines) is 1. The molecule has 6 nitrogen and oxygen atoms in total. The van der Waals surface area contributed by atoms with Gasteiger partial charge in [0.15, 0.2) is 11.5 Å². The summed E-state index contributed by atoms with van der Waals surface area (Å²) in [4.78, 5) is 5.39. The van der Waals surface area contributed by atoms with E-state index in [1.807, 2.05) is 12.1 Å². The number of hydrogen-bond acceptors (Lipinski definition) is 2. The Balaban J connectivity index is 0.00000144. The molecule has 0 spiro atoms. The highest BCUT2D eigenvalue weighted by atomic mass is 35.5. The van der Waals surface area contributed by atoms with Crippen molar-refractivity contribution in [1.82, 2.24) is 9.38 Å².